The van der Waals surface area contributed by atoms with Crippen LogP contribution in [0, 0.1) is 12.8 Å². The molecule has 2 heterocycles. The quantitative estimate of drug-likeness (QED) is 0.301. The predicted octanol–water partition coefficient (Wildman–Crippen LogP) is 6.22. The maximum absolute atomic E-state index is 13.7. The zero-order valence-corrected chi connectivity index (χ0v) is 24.1. The van der Waals surface area contributed by atoms with E-state index in [0.29, 0.717) is 22.3 Å². The van der Waals surface area contributed by atoms with Gasteiger partial charge in [-0.05, 0) is 84.3 Å². The Morgan fingerprint density at radius 3 is 2.57 bits per heavy atom. The highest BCUT2D eigenvalue weighted by molar-refractivity contribution is 7.89. The maximum atomic E-state index is 13.7. The predicted molar refractivity (Wildman–Crippen MR) is 149 cm³/mol. The van der Waals surface area contributed by atoms with Crippen molar-refractivity contribution in [3.63, 3.8) is 0 Å². The van der Waals surface area contributed by atoms with Crippen LogP contribution in [0.4, 0.5) is 0 Å². The summed E-state index contributed by atoms with van der Waals surface area (Å²) in [6.45, 7) is 6.49. The number of sulfonamides is 1. The number of aryl methyl sites for hydroxylation is 1. The van der Waals surface area contributed by atoms with Crippen molar-refractivity contribution in [3.8, 4) is 5.75 Å². The van der Waals surface area contributed by atoms with Crippen LogP contribution in [0.2, 0.25) is 10.0 Å². The molecular formula is C27H30Cl2N2O4S2. The zero-order chi connectivity index (χ0) is 26.7. The fraction of sp³-hybridized carbons (Fsp3) is 0.370. The second-order valence-corrected chi connectivity index (χ2v) is 13.3. The number of ether oxygens (including phenoxy) is 1. The molecule has 2 aromatic carbocycles. The number of halogens is 2. The Balaban J connectivity index is 1.57. The minimum Gasteiger partial charge on any atom is -0.491 e. The highest BCUT2D eigenvalue weighted by Gasteiger charge is 2.35. The molecule has 0 radical (unpaired) electrons. The summed E-state index contributed by atoms with van der Waals surface area (Å²) in [5, 5.41) is 3.13. The highest BCUT2D eigenvalue weighted by atomic mass is 35.5. The molecule has 37 heavy (non-hydrogen) atoms. The summed E-state index contributed by atoms with van der Waals surface area (Å²) in [4.78, 5) is 16.8. The maximum Gasteiger partial charge on any atom is 0.243 e. The SMILES string of the molecule is Cc1cc(OC[C@@H]2c3ccsc3CCN2C(=O)CN(CC(C)C)S(=O)(=O)c2ccc(Cl)cc2)ccc1Cl. The fourth-order valence-electron chi connectivity index (χ4n) is 4.41. The zero-order valence-electron chi connectivity index (χ0n) is 21.0. The molecule has 198 valence electrons. The molecule has 1 amide bonds. The van der Waals surface area contributed by atoms with E-state index < -0.39 is 10.0 Å². The van der Waals surface area contributed by atoms with E-state index in [2.05, 4.69) is 0 Å². The van der Waals surface area contributed by atoms with Crippen LogP contribution in [-0.4, -0.2) is 49.8 Å². The minimum atomic E-state index is -3.89. The van der Waals surface area contributed by atoms with Crippen LogP contribution in [0.3, 0.4) is 0 Å². The number of thiophene rings is 1. The molecule has 0 N–H and O–H groups in total. The number of fused-ring (bicyclic) bond motifs is 1. The lowest BCUT2D eigenvalue weighted by molar-refractivity contribution is -0.135. The van der Waals surface area contributed by atoms with Crippen LogP contribution < -0.4 is 4.74 Å². The van der Waals surface area contributed by atoms with Gasteiger partial charge < -0.3 is 9.64 Å². The average molecular weight is 582 g/mol. The van der Waals surface area contributed by atoms with E-state index in [1.54, 1.807) is 34.4 Å². The summed E-state index contributed by atoms with van der Waals surface area (Å²) >= 11 is 13.8. The smallest absolute Gasteiger partial charge is 0.243 e. The van der Waals surface area contributed by atoms with Gasteiger partial charge in [0.1, 0.15) is 12.4 Å². The monoisotopic (exact) mass is 580 g/mol. The lowest BCUT2D eigenvalue weighted by Crippen LogP contribution is -2.48. The van der Waals surface area contributed by atoms with E-state index in [9.17, 15) is 13.2 Å². The Morgan fingerprint density at radius 2 is 1.89 bits per heavy atom. The van der Waals surface area contributed by atoms with E-state index >= 15 is 0 Å². The molecule has 1 aliphatic heterocycles. The largest absolute Gasteiger partial charge is 0.491 e. The number of carbonyl (C=O) groups excluding carboxylic acids is 1. The molecule has 0 spiro atoms. The van der Waals surface area contributed by atoms with Crippen LogP contribution in [0.15, 0.2) is 58.8 Å². The molecular weight excluding hydrogens is 551 g/mol. The first-order chi connectivity index (χ1) is 17.6. The molecule has 4 rings (SSSR count). The van der Waals surface area contributed by atoms with Gasteiger partial charge in [-0.3, -0.25) is 4.79 Å². The van der Waals surface area contributed by atoms with E-state index in [4.69, 9.17) is 27.9 Å². The molecule has 1 aliphatic rings. The molecule has 0 bridgehead atoms. The summed E-state index contributed by atoms with van der Waals surface area (Å²) in [7, 11) is -3.89. The molecule has 0 fully saturated rings. The molecule has 1 atom stereocenters. The third-order valence-corrected chi connectivity index (χ3v) is 9.78. The summed E-state index contributed by atoms with van der Waals surface area (Å²) in [6.07, 6.45) is 0.726. The Bertz CT molecular complexity index is 1360. The van der Waals surface area contributed by atoms with Crippen LogP contribution in [0.1, 0.15) is 35.9 Å². The van der Waals surface area contributed by atoms with Crippen LogP contribution in [0.25, 0.3) is 0 Å². The van der Waals surface area contributed by atoms with Crippen molar-refractivity contribution < 1.29 is 17.9 Å². The second-order valence-electron chi connectivity index (χ2n) is 9.52. The number of carbonyl (C=O) groups is 1. The van der Waals surface area contributed by atoms with Gasteiger partial charge in [0.15, 0.2) is 0 Å². The third kappa shape index (κ3) is 6.49. The van der Waals surface area contributed by atoms with Crippen molar-refractivity contribution in [1.29, 1.82) is 0 Å². The molecule has 10 heteroatoms. The average Bonchev–Trinajstić information content (AvgIpc) is 3.33. The standard InChI is InChI=1S/C27H30Cl2N2O4S2/c1-18(2)15-30(37(33,34)22-7-4-20(28)5-8-22)16-27(32)31-12-10-26-23(11-13-36-26)25(31)17-35-21-6-9-24(29)19(3)14-21/h4-9,11,13-14,18,25H,10,12,15-17H2,1-3H3/t25-/m1/s1. The molecule has 0 unspecified atom stereocenters. The van der Waals surface area contributed by atoms with Gasteiger partial charge in [-0.15, -0.1) is 11.3 Å². The van der Waals surface area contributed by atoms with Gasteiger partial charge in [0.2, 0.25) is 15.9 Å². The molecule has 0 saturated heterocycles. The van der Waals surface area contributed by atoms with Crippen molar-refractivity contribution in [2.24, 2.45) is 5.92 Å². The molecule has 1 aromatic heterocycles. The van der Waals surface area contributed by atoms with Gasteiger partial charge in [0.05, 0.1) is 17.5 Å². The Labute approximate surface area is 232 Å². The fourth-order valence-corrected chi connectivity index (χ4v) is 7.13. The van der Waals surface area contributed by atoms with Crippen molar-refractivity contribution in [3.05, 3.63) is 80.0 Å². The van der Waals surface area contributed by atoms with Gasteiger partial charge in [0.25, 0.3) is 0 Å². The minimum absolute atomic E-state index is 0.0342. The number of hydrogen-bond donors (Lipinski definition) is 0. The number of hydrogen-bond acceptors (Lipinski definition) is 5. The molecule has 0 saturated carbocycles. The first-order valence-corrected chi connectivity index (χ1v) is 15.1. The number of rotatable bonds is 9. The summed E-state index contributed by atoms with van der Waals surface area (Å²) in [5.41, 5.74) is 1.95. The first-order valence-electron chi connectivity index (χ1n) is 12.1. The number of amides is 1. The van der Waals surface area contributed by atoms with Crippen LogP contribution >= 0.6 is 34.5 Å². The lowest BCUT2D eigenvalue weighted by Gasteiger charge is -2.37. The first kappa shape index (κ1) is 27.9. The van der Waals surface area contributed by atoms with Crippen molar-refractivity contribution in [2.75, 3.05) is 26.2 Å². The van der Waals surface area contributed by atoms with Gasteiger partial charge in [-0.2, -0.15) is 4.31 Å². The number of benzene rings is 2. The van der Waals surface area contributed by atoms with Crippen LogP contribution in [0.5, 0.6) is 5.75 Å². The Kier molecular flexibility index (Phi) is 8.86. The Morgan fingerprint density at radius 1 is 1.16 bits per heavy atom. The lowest BCUT2D eigenvalue weighted by atomic mass is 10.0. The van der Waals surface area contributed by atoms with E-state index in [-0.39, 0.29) is 42.5 Å². The molecule has 3 aromatic rings. The summed E-state index contributed by atoms with van der Waals surface area (Å²) in [6, 6.07) is 13.2. The highest BCUT2D eigenvalue weighted by Crippen LogP contribution is 2.34. The number of nitrogens with zero attached hydrogens (tertiary/aromatic N) is 2. The van der Waals surface area contributed by atoms with E-state index in [1.807, 2.05) is 44.4 Å². The van der Waals surface area contributed by atoms with Gasteiger partial charge in [-0.1, -0.05) is 37.0 Å². The van der Waals surface area contributed by atoms with E-state index in [0.717, 1.165) is 17.5 Å². The van der Waals surface area contributed by atoms with Crippen molar-refractivity contribution in [2.45, 2.75) is 38.1 Å². The van der Waals surface area contributed by atoms with Crippen molar-refractivity contribution >= 4 is 50.5 Å². The van der Waals surface area contributed by atoms with Crippen molar-refractivity contribution in [1.82, 2.24) is 9.21 Å². The van der Waals surface area contributed by atoms with Gasteiger partial charge >= 0.3 is 0 Å². The van der Waals surface area contributed by atoms with Gasteiger partial charge in [0, 0.05) is 28.0 Å². The molecule has 6 nitrogen and oxygen atoms in total. The summed E-state index contributed by atoms with van der Waals surface area (Å²) < 4.78 is 34.4. The Hall–Kier alpha value is -2.10. The van der Waals surface area contributed by atoms with Crippen LogP contribution in [-0.2, 0) is 21.2 Å². The van der Waals surface area contributed by atoms with Gasteiger partial charge in [-0.25, -0.2) is 8.42 Å². The topological polar surface area (TPSA) is 66.9 Å². The summed E-state index contributed by atoms with van der Waals surface area (Å²) in [5.74, 6) is 0.450. The second kappa shape index (κ2) is 11.7. The normalized spacial score (nSPS) is 15.8. The van der Waals surface area contributed by atoms with E-state index in [1.165, 1.54) is 21.3 Å². The molecule has 0 aliphatic carbocycles. The third-order valence-electron chi connectivity index (χ3n) is 6.28.